The number of allylic oxidation sites excluding steroid dienone is 1. The van der Waals surface area contributed by atoms with Crippen LogP contribution in [0.1, 0.15) is 156 Å². The van der Waals surface area contributed by atoms with Crippen LogP contribution in [0.3, 0.4) is 0 Å². The summed E-state index contributed by atoms with van der Waals surface area (Å²) in [4.78, 5) is 121. The van der Waals surface area contributed by atoms with E-state index in [1.54, 1.807) is 242 Å². The number of benzene rings is 8. The van der Waals surface area contributed by atoms with Crippen molar-refractivity contribution in [3.8, 4) is 0 Å². The Balaban J connectivity index is 0.000000246. The Morgan fingerprint density at radius 2 is 0.874 bits per heavy atom. The second kappa shape index (κ2) is 49.0. The SMILES string of the molecule is C=C(/C=C\C)C(=O)O/N=C(/C)OCC.CC(=O)/C(=N\OC(=O)c1ccccc1)c1ccccc1.CC(C)=NOC(=O)c1ccccc1.CC(C)=NOS(=O)(=O)c1ccc(C)cc1.O=C(O/N=C(/C(=O)c1ccc(N2CCOCC2)cc1)c1ccccc1)c1ccccc1.O=C(ON=C1CCCCC1)C(=O)c1ccccc1. The third-order valence-corrected chi connectivity index (χ3v) is 15.8. The van der Waals surface area contributed by atoms with Gasteiger partial charge in [-0.2, -0.15) is 8.42 Å². The van der Waals surface area contributed by atoms with E-state index in [-0.39, 0.29) is 33.5 Å². The molecule has 0 amide bonds. The molecule has 0 atom stereocenters. The minimum Gasteiger partial charge on any atom is -0.479 e. The predicted molar refractivity (Wildman–Crippen MR) is 425 cm³/mol. The molecule has 25 nitrogen and oxygen atoms in total. The third kappa shape index (κ3) is 33.3. The first-order valence-electron chi connectivity index (χ1n) is 35.0. The summed E-state index contributed by atoms with van der Waals surface area (Å²) in [6, 6.07) is 65.7. The van der Waals surface area contributed by atoms with Crippen LogP contribution >= 0.6 is 0 Å². The summed E-state index contributed by atoms with van der Waals surface area (Å²) < 4.78 is 37.9. The molecule has 0 bridgehead atoms. The monoisotopic (exact) mass is 1530 g/mol. The largest absolute Gasteiger partial charge is 0.479 e. The fourth-order valence-corrected chi connectivity index (χ4v) is 9.96. The van der Waals surface area contributed by atoms with E-state index in [4.69, 9.17) is 24.0 Å². The van der Waals surface area contributed by atoms with Crippen molar-refractivity contribution in [1.82, 2.24) is 0 Å². The highest BCUT2D eigenvalue weighted by atomic mass is 32.2. The van der Waals surface area contributed by atoms with Crippen LogP contribution in [0.2, 0.25) is 0 Å². The van der Waals surface area contributed by atoms with Crippen molar-refractivity contribution in [3.05, 3.63) is 299 Å². The number of hydrogen-bond acceptors (Lipinski definition) is 25. The lowest BCUT2D eigenvalue weighted by atomic mass is 9.99. The number of Topliss-reactive ketones (excluding diaryl/α,β-unsaturated/α-hetero) is 3. The van der Waals surface area contributed by atoms with Gasteiger partial charge in [-0.25, -0.2) is 24.0 Å². The van der Waals surface area contributed by atoms with E-state index < -0.39 is 45.7 Å². The lowest BCUT2D eigenvalue weighted by Gasteiger charge is -2.28. The van der Waals surface area contributed by atoms with Crippen molar-refractivity contribution in [2.24, 2.45) is 30.9 Å². The van der Waals surface area contributed by atoms with Gasteiger partial charge >= 0.3 is 40.0 Å². The number of ketones is 3. The van der Waals surface area contributed by atoms with Gasteiger partial charge in [-0.3, -0.25) is 18.7 Å². The van der Waals surface area contributed by atoms with Crippen LogP contribution in [0.4, 0.5) is 5.69 Å². The van der Waals surface area contributed by atoms with E-state index in [1.165, 1.54) is 25.5 Å². The first kappa shape index (κ1) is 88.6. The predicted octanol–water partition coefficient (Wildman–Crippen LogP) is 15.9. The molecule has 10 rings (SSSR count). The highest BCUT2D eigenvalue weighted by molar-refractivity contribution is 7.86. The van der Waals surface area contributed by atoms with Crippen LogP contribution in [0.5, 0.6) is 0 Å². The van der Waals surface area contributed by atoms with Crippen LogP contribution < -0.4 is 4.90 Å². The molecule has 111 heavy (non-hydrogen) atoms. The minimum atomic E-state index is -3.76. The number of hydrogen-bond donors (Lipinski definition) is 0. The highest BCUT2D eigenvalue weighted by Gasteiger charge is 2.22. The van der Waals surface area contributed by atoms with Crippen LogP contribution in [0, 0.1) is 6.92 Å². The lowest BCUT2D eigenvalue weighted by Crippen LogP contribution is -2.36. The summed E-state index contributed by atoms with van der Waals surface area (Å²) in [5.41, 5.74) is 7.83. The second-order valence-corrected chi connectivity index (χ2v) is 25.6. The summed E-state index contributed by atoms with van der Waals surface area (Å²) in [7, 11) is -3.76. The molecule has 1 saturated carbocycles. The van der Waals surface area contributed by atoms with E-state index in [1.807, 2.05) is 44.2 Å². The smallest absolute Gasteiger partial charge is 0.405 e. The Labute approximate surface area is 646 Å². The van der Waals surface area contributed by atoms with E-state index >= 15 is 0 Å². The zero-order chi connectivity index (χ0) is 80.8. The molecule has 0 unspecified atom stereocenters. The molecule has 0 N–H and O–H groups in total. The number of morpholine rings is 1. The van der Waals surface area contributed by atoms with Crippen molar-refractivity contribution in [2.45, 2.75) is 99.3 Å². The van der Waals surface area contributed by atoms with Gasteiger partial charge in [0.15, 0.2) is 17.2 Å². The molecule has 578 valence electrons. The zero-order valence-corrected chi connectivity index (χ0v) is 64.1. The van der Waals surface area contributed by atoms with E-state index in [9.17, 15) is 46.8 Å². The number of anilines is 1. The molecule has 1 heterocycles. The number of oxime groups is 6. The lowest BCUT2D eigenvalue weighted by molar-refractivity contribution is -0.139. The molecule has 8 aromatic rings. The van der Waals surface area contributed by atoms with Gasteiger partial charge in [-0.15, -0.1) is 0 Å². The van der Waals surface area contributed by atoms with Crippen molar-refractivity contribution in [1.29, 1.82) is 0 Å². The molecule has 1 aliphatic heterocycles. The summed E-state index contributed by atoms with van der Waals surface area (Å²) in [5, 5.41) is 21.9. The molecule has 26 heteroatoms. The summed E-state index contributed by atoms with van der Waals surface area (Å²) in [6.07, 6.45) is 8.29. The standard InChI is InChI=1S/C25H22N2O4.C16H13NO3.C14H15NO3.C10H13NO3S.C10H15NO3.C10H11NO2/c28-24(20-11-13-22(14-12-20)27-15-17-30-18-16-27)23(19-7-3-1-4-8-19)26-31-25(29)21-9-5-2-6-10-21;1-12(18)15(13-8-4-2-5-9-13)17-20-16(19)14-10-6-3-7-11-14;16-13(11-7-3-1-4-8-11)14(17)18-15-12-9-5-2-6-10-12;1-8(2)11-14-15(12,13)10-6-4-9(3)5-7-10;1-5-7-8(3)10(12)14-11-9(4)13-6-2;1-8(2)11-13-10(12)9-6-4-3-5-7-9/h1-14H,15-18H2;2-11H,1H3;1,3-4,7-8H,2,5-6,9-10H2;4-7H,1-3H3;5,7H,3,6H2,1-2,4H3;3-7H,1-2H3/b26-23+;17-15+;;;7-5-,11-9-;. The summed E-state index contributed by atoms with van der Waals surface area (Å²) in [5.74, 6) is -4.07. The molecule has 1 saturated heterocycles. The molecular weight excluding hydrogens is 1440 g/mol. The zero-order valence-electron chi connectivity index (χ0n) is 63.3. The Morgan fingerprint density at radius 1 is 0.459 bits per heavy atom. The highest BCUT2D eigenvalue weighted by Crippen LogP contribution is 2.20. The first-order valence-corrected chi connectivity index (χ1v) is 36.5. The quantitative estimate of drug-likeness (QED) is 0.00889. The van der Waals surface area contributed by atoms with Gasteiger partial charge in [0, 0.05) is 54.9 Å². The van der Waals surface area contributed by atoms with Crippen LogP contribution in [-0.4, -0.2) is 123 Å². The van der Waals surface area contributed by atoms with E-state index in [2.05, 4.69) is 56.4 Å². The fourth-order valence-electron chi connectivity index (χ4n) is 9.15. The van der Waals surface area contributed by atoms with Gasteiger partial charge < -0.3 is 38.6 Å². The van der Waals surface area contributed by atoms with Gasteiger partial charge in [-0.1, -0.05) is 214 Å². The van der Waals surface area contributed by atoms with Gasteiger partial charge in [-0.05, 0) is 152 Å². The molecule has 2 fully saturated rings. The Morgan fingerprint density at radius 3 is 1.31 bits per heavy atom. The maximum Gasteiger partial charge on any atom is 0.405 e. The molecule has 0 aromatic heterocycles. The van der Waals surface area contributed by atoms with Crippen molar-refractivity contribution >= 4 is 97.5 Å². The van der Waals surface area contributed by atoms with Gasteiger partial charge in [0.2, 0.25) is 11.7 Å². The van der Waals surface area contributed by atoms with Crippen molar-refractivity contribution in [2.75, 3.05) is 37.8 Å². The topological polar surface area (TPSA) is 322 Å². The Hall–Kier alpha value is -13.1. The number of carbonyl (C=O) groups is 8. The molecular formula is C85H89N7O18S. The van der Waals surface area contributed by atoms with Crippen molar-refractivity contribution < 1.29 is 84.7 Å². The van der Waals surface area contributed by atoms with E-state index in [0.717, 1.165) is 55.7 Å². The van der Waals surface area contributed by atoms with Crippen LogP contribution in [0.25, 0.3) is 0 Å². The first-order chi connectivity index (χ1) is 53.4. The van der Waals surface area contributed by atoms with Gasteiger partial charge in [0.1, 0.15) is 4.90 Å². The average Bonchev–Trinajstić information content (AvgIpc) is 0.827. The fraction of sp³-hybridized carbons (Fsp3) is 0.224. The normalized spacial score (nSPS) is 12.4. The maximum absolute atomic E-state index is 13.2. The van der Waals surface area contributed by atoms with E-state index in [0.29, 0.717) is 76.1 Å². The molecule has 1 aliphatic carbocycles. The number of ether oxygens (including phenoxy) is 2. The summed E-state index contributed by atoms with van der Waals surface area (Å²) >= 11 is 0. The van der Waals surface area contributed by atoms with Crippen LogP contribution in [-0.2, 0) is 62.4 Å². The number of carbonyl (C=O) groups excluding carboxylic acids is 8. The maximum atomic E-state index is 13.2. The van der Waals surface area contributed by atoms with Gasteiger partial charge in [0.25, 0.3) is 5.78 Å². The second-order valence-electron chi connectivity index (χ2n) is 24.0. The van der Waals surface area contributed by atoms with Crippen LogP contribution in [0.15, 0.2) is 291 Å². The molecule has 0 radical (unpaired) electrons. The number of aryl methyl sites for hydroxylation is 1. The summed E-state index contributed by atoms with van der Waals surface area (Å²) in [6.45, 7) is 22.3. The van der Waals surface area contributed by atoms with Gasteiger partial charge in [0.05, 0.1) is 59.2 Å². The molecule has 0 spiro atoms. The molecule has 2 aliphatic rings. The third-order valence-electron chi connectivity index (χ3n) is 14.7. The Kier molecular flexibility index (Phi) is 39.1. The Bertz CT molecular complexity index is 4670. The molecule has 8 aromatic carbocycles. The average molecular weight is 1530 g/mol. The number of nitrogens with zero attached hydrogens (tertiary/aromatic N) is 7. The number of rotatable bonds is 22. The minimum absolute atomic E-state index is 0.0732. The van der Waals surface area contributed by atoms with Crippen molar-refractivity contribution in [3.63, 3.8) is 0 Å².